The predicted octanol–water partition coefficient (Wildman–Crippen LogP) is 5.07. The molecule has 0 aliphatic carbocycles. The van der Waals surface area contributed by atoms with Crippen LogP contribution in [-0.4, -0.2) is 17.6 Å². The van der Waals surface area contributed by atoms with Crippen molar-refractivity contribution in [3.8, 4) is 17.1 Å². The van der Waals surface area contributed by atoms with Crippen LogP contribution in [0.25, 0.3) is 11.3 Å². The Bertz CT molecular complexity index is 968. The number of aliphatic hydroxyl groups excluding tert-OH is 1. The van der Waals surface area contributed by atoms with Crippen LogP contribution in [0.3, 0.4) is 0 Å². The number of aliphatic hydroxyl groups is 1. The molecule has 1 amide bonds. The number of carbonyl (C=O) groups excluding carboxylic acids is 1. The molecule has 0 saturated carbocycles. The Labute approximate surface area is 166 Å². The van der Waals surface area contributed by atoms with Crippen molar-refractivity contribution in [1.29, 1.82) is 0 Å². The third-order valence-electron chi connectivity index (χ3n) is 3.87. The van der Waals surface area contributed by atoms with Crippen molar-refractivity contribution in [2.45, 2.75) is 13.5 Å². The fraction of sp³-hybridized carbons (Fsp3) is 0.150. The fourth-order valence-corrected chi connectivity index (χ4v) is 2.91. The number of hydrogen-bond acceptors (Lipinski definition) is 4. The van der Waals surface area contributed by atoms with E-state index in [1.165, 1.54) is 0 Å². The van der Waals surface area contributed by atoms with E-state index in [1.54, 1.807) is 30.3 Å². The van der Waals surface area contributed by atoms with Crippen molar-refractivity contribution in [1.82, 2.24) is 0 Å². The molecule has 2 N–H and O–H groups in total. The Hall–Kier alpha value is -2.47. The van der Waals surface area contributed by atoms with Crippen molar-refractivity contribution >= 4 is 34.8 Å². The average molecular weight is 406 g/mol. The standard InChI is InChI=1S/C20H17Cl2NO4/c1-12-2-3-13(18-7-5-15(10-24)27-18)8-17(12)23-20(25)11-26-19-6-4-14(21)9-16(19)22/h2-9,24H,10-11H2,1H3,(H,23,25). The number of furan rings is 1. The number of amides is 1. The first-order valence-corrected chi connectivity index (χ1v) is 8.90. The molecule has 3 rings (SSSR count). The van der Waals surface area contributed by atoms with E-state index in [-0.39, 0.29) is 19.1 Å². The first-order valence-electron chi connectivity index (χ1n) is 8.14. The molecule has 7 heteroatoms. The summed E-state index contributed by atoms with van der Waals surface area (Å²) in [7, 11) is 0. The molecule has 3 aromatic rings. The van der Waals surface area contributed by atoms with E-state index in [0.29, 0.717) is 33.0 Å². The van der Waals surface area contributed by atoms with Crippen molar-refractivity contribution in [2.75, 3.05) is 11.9 Å². The summed E-state index contributed by atoms with van der Waals surface area (Å²) in [5.41, 5.74) is 2.33. The van der Waals surface area contributed by atoms with Crippen molar-refractivity contribution in [2.24, 2.45) is 0 Å². The van der Waals surface area contributed by atoms with Crippen molar-refractivity contribution in [3.05, 3.63) is 69.9 Å². The Morgan fingerprint density at radius 3 is 2.67 bits per heavy atom. The van der Waals surface area contributed by atoms with Gasteiger partial charge in [-0.2, -0.15) is 0 Å². The van der Waals surface area contributed by atoms with E-state index in [0.717, 1.165) is 11.1 Å². The normalized spacial score (nSPS) is 10.7. The fourth-order valence-electron chi connectivity index (χ4n) is 2.45. The first-order chi connectivity index (χ1) is 13.0. The van der Waals surface area contributed by atoms with Gasteiger partial charge in [0.2, 0.25) is 0 Å². The SMILES string of the molecule is Cc1ccc(-c2ccc(CO)o2)cc1NC(=O)COc1ccc(Cl)cc1Cl. The number of nitrogens with one attached hydrogen (secondary N) is 1. The maximum Gasteiger partial charge on any atom is 0.262 e. The van der Waals surface area contributed by atoms with Crippen LogP contribution in [-0.2, 0) is 11.4 Å². The third-order valence-corrected chi connectivity index (χ3v) is 4.40. The van der Waals surface area contributed by atoms with Gasteiger partial charge in [0.05, 0.1) is 5.02 Å². The zero-order valence-electron chi connectivity index (χ0n) is 14.5. The number of carbonyl (C=O) groups is 1. The summed E-state index contributed by atoms with van der Waals surface area (Å²) in [5.74, 6) is 1.15. The maximum absolute atomic E-state index is 12.3. The quantitative estimate of drug-likeness (QED) is 0.600. The highest BCUT2D eigenvalue weighted by Crippen LogP contribution is 2.29. The van der Waals surface area contributed by atoms with Gasteiger partial charge in [0, 0.05) is 16.3 Å². The van der Waals surface area contributed by atoms with E-state index in [2.05, 4.69) is 5.32 Å². The smallest absolute Gasteiger partial charge is 0.262 e. The number of halogens is 2. The summed E-state index contributed by atoms with van der Waals surface area (Å²) in [4.78, 5) is 12.3. The molecule has 0 aliphatic rings. The molecule has 1 aromatic heterocycles. The summed E-state index contributed by atoms with van der Waals surface area (Å²) in [5, 5.41) is 12.8. The summed E-state index contributed by atoms with van der Waals surface area (Å²) < 4.78 is 11.0. The molecule has 0 unspecified atom stereocenters. The van der Waals surface area contributed by atoms with Gasteiger partial charge in [-0.1, -0.05) is 35.3 Å². The second kappa shape index (κ2) is 8.48. The van der Waals surface area contributed by atoms with Crippen LogP contribution in [0.1, 0.15) is 11.3 Å². The van der Waals surface area contributed by atoms with E-state index in [1.807, 2.05) is 25.1 Å². The number of hydrogen-bond donors (Lipinski definition) is 2. The topological polar surface area (TPSA) is 71.7 Å². The molecular formula is C20H17Cl2NO4. The molecule has 0 bridgehead atoms. The van der Waals surface area contributed by atoms with E-state index >= 15 is 0 Å². The Morgan fingerprint density at radius 1 is 1.15 bits per heavy atom. The van der Waals surface area contributed by atoms with Gasteiger partial charge in [0.15, 0.2) is 6.61 Å². The first kappa shape index (κ1) is 19.3. The van der Waals surface area contributed by atoms with Crippen LogP contribution >= 0.6 is 23.2 Å². The van der Waals surface area contributed by atoms with E-state index in [9.17, 15) is 4.79 Å². The molecule has 0 radical (unpaired) electrons. The number of ether oxygens (including phenoxy) is 1. The third kappa shape index (κ3) is 4.83. The molecule has 5 nitrogen and oxygen atoms in total. The molecule has 27 heavy (non-hydrogen) atoms. The monoisotopic (exact) mass is 405 g/mol. The Kier molecular flexibility index (Phi) is 6.06. The van der Waals surface area contributed by atoms with E-state index in [4.69, 9.17) is 37.5 Å². The summed E-state index contributed by atoms with van der Waals surface area (Å²) in [6.07, 6.45) is 0. The minimum atomic E-state index is -0.322. The zero-order valence-corrected chi connectivity index (χ0v) is 16.0. The lowest BCUT2D eigenvalue weighted by atomic mass is 10.1. The lowest BCUT2D eigenvalue weighted by Gasteiger charge is -2.11. The largest absolute Gasteiger partial charge is 0.482 e. The number of aryl methyl sites for hydroxylation is 1. The molecule has 0 saturated heterocycles. The van der Waals surface area contributed by atoms with Gasteiger partial charge in [-0.25, -0.2) is 0 Å². The van der Waals surface area contributed by atoms with Crippen LogP contribution in [0.4, 0.5) is 5.69 Å². The highest BCUT2D eigenvalue weighted by Gasteiger charge is 2.11. The second-order valence-corrected chi connectivity index (χ2v) is 6.71. The molecule has 2 aromatic carbocycles. The lowest BCUT2D eigenvalue weighted by molar-refractivity contribution is -0.118. The van der Waals surface area contributed by atoms with Gasteiger partial charge >= 0.3 is 0 Å². The van der Waals surface area contributed by atoms with Gasteiger partial charge in [0.25, 0.3) is 5.91 Å². The maximum atomic E-state index is 12.3. The molecule has 140 valence electrons. The van der Waals surface area contributed by atoms with Gasteiger partial charge in [0.1, 0.15) is 23.9 Å². The van der Waals surface area contributed by atoms with Crippen LogP contribution < -0.4 is 10.1 Å². The van der Waals surface area contributed by atoms with Crippen LogP contribution in [0, 0.1) is 6.92 Å². The second-order valence-electron chi connectivity index (χ2n) is 5.87. The van der Waals surface area contributed by atoms with Crippen LogP contribution in [0.5, 0.6) is 5.75 Å². The average Bonchev–Trinajstić information content (AvgIpc) is 3.12. The number of rotatable bonds is 6. The highest BCUT2D eigenvalue weighted by molar-refractivity contribution is 6.35. The zero-order chi connectivity index (χ0) is 19.4. The van der Waals surface area contributed by atoms with Gasteiger partial charge in [-0.3, -0.25) is 4.79 Å². The van der Waals surface area contributed by atoms with Gasteiger partial charge in [-0.05, 0) is 48.9 Å². The Balaban J connectivity index is 1.69. The lowest BCUT2D eigenvalue weighted by Crippen LogP contribution is -2.20. The minimum Gasteiger partial charge on any atom is -0.482 e. The van der Waals surface area contributed by atoms with Gasteiger partial charge in [-0.15, -0.1) is 0 Å². The molecule has 0 fully saturated rings. The summed E-state index contributed by atoms with van der Waals surface area (Å²) >= 11 is 11.9. The Morgan fingerprint density at radius 2 is 1.96 bits per heavy atom. The van der Waals surface area contributed by atoms with E-state index < -0.39 is 0 Å². The molecule has 0 spiro atoms. The van der Waals surface area contributed by atoms with Crippen molar-refractivity contribution in [3.63, 3.8) is 0 Å². The number of anilines is 1. The summed E-state index contributed by atoms with van der Waals surface area (Å²) in [6, 6.07) is 13.8. The number of benzene rings is 2. The molecule has 0 atom stereocenters. The van der Waals surface area contributed by atoms with Crippen molar-refractivity contribution < 1.29 is 19.1 Å². The van der Waals surface area contributed by atoms with Crippen LogP contribution in [0.15, 0.2) is 52.9 Å². The minimum absolute atomic E-state index is 0.167. The highest BCUT2D eigenvalue weighted by atomic mass is 35.5. The molecule has 1 heterocycles. The summed E-state index contributed by atoms with van der Waals surface area (Å²) in [6.45, 7) is 1.53. The molecule has 0 aliphatic heterocycles. The molecular weight excluding hydrogens is 389 g/mol. The van der Waals surface area contributed by atoms with Gasteiger partial charge < -0.3 is 19.6 Å². The predicted molar refractivity (Wildman–Crippen MR) is 105 cm³/mol. The van der Waals surface area contributed by atoms with Crippen LogP contribution in [0.2, 0.25) is 10.0 Å².